The molecule has 4 fully saturated rings. The average molecular weight is 879 g/mol. The molecule has 2 N–H and O–H groups in total. The second kappa shape index (κ2) is 26.0. The first-order chi connectivity index (χ1) is 29.7. The molecule has 2 aliphatic carbocycles. The number of aliphatic hydroxyl groups excluding tert-OH is 2. The third-order valence-corrected chi connectivity index (χ3v) is 14.8. The summed E-state index contributed by atoms with van der Waals surface area (Å²) in [6.45, 7) is 15.5. The quantitative estimate of drug-likeness (QED) is 0.0619. The molecule has 12 heteroatoms. The van der Waals surface area contributed by atoms with Gasteiger partial charge in [0, 0.05) is 81.1 Å². The second-order valence-electron chi connectivity index (χ2n) is 18.7. The molecule has 2 saturated heterocycles. The molecular weight excluding hydrogens is 793 g/mol. The molecule has 12 nitrogen and oxygen atoms in total. The highest BCUT2D eigenvalue weighted by atomic mass is 16.7. The normalized spacial score (nSPS) is 36.0. The predicted octanol–water partition coefficient (Wildman–Crippen LogP) is 7.70. The van der Waals surface area contributed by atoms with E-state index in [4.69, 9.17) is 47.4 Å². The highest BCUT2D eigenvalue weighted by Crippen LogP contribution is 2.51. The van der Waals surface area contributed by atoms with Crippen molar-refractivity contribution in [3.63, 3.8) is 0 Å². The summed E-state index contributed by atoms with van der Waals surface area (Å²) in [5, 5.41) is 22.5. The van der Waals surface area contributed by atoms with Crippen molar-refractivity contribution in [1.29, 1.82) is 0 Å². The summed E-state index contributed by atoms with van der Waals surface area (Å²) in [7, 11) is 12.0. The van der Waals surface area contributed by atoms with E-state index in [-0.39, 0.29) is 79.0 Å². The van der Waals surface area contributed by atoms with Gasteiger partial charge in [0.1, 0.15) is 24.4 Å². The summed E-state index contributed by atoms with van der Waals surface area (Å²) < 4.78 is 59.5. The third-order valence-electron chi connectivity index (χ3n) is 14.8. The maximum atomic E-state index is 11.4. The number of rotatable bonds is 27. The van der Waals surface area contributed by atoms with E-state index in [0.717, 1.165) is 43.3 Å². The van der Waals surface area contributed by atoms with Gasteiger partial charge in [-0.1, -0.05) is 71.1 Å². The van der Waals surface area contributed by atoms with Crippen LogP contribution in [0.4, 0.5) is 0 Å². The van der Waals surface area contributed by atoms with Crippen LogP contribution in [0.3, 0.4) is 0 Å². The SMILES string of the molecule is CC[C@H](OC)[C@@H](C)[C@@H]1C[C@H]1[C@H](O)[C@@H](C)/C=C/C=C(\C)[C@@H]1O[C@@H](OC)C[C@H](OCCC[C@H](OC)[C@@H](C)[C@@H]2C[C@H]2[C@H](O)[C@@H](C)/C=C/C=C(\C)[C@@H]2O[C@@H](OC)C[C@H](OC)[C@H]2OC)[C@@H]1OC. The third kappa shape index (κ3) is 14.0. The minimum Gasteiger partial charge on any atom is -0.392 e. The van der Waals surface area contributed by atoms with Crippen molar-refractivity contribution in [3.05, 3.63) is 47.6 Å². The highest BCUT2D eigenvalue weighted by Gasteiger charge is 2.50. The van der Waals surface area contributed by atoms with Crippen molar-refractivity contribution in [2.24, 2.45) is 47.3 Å². The highest BCUT2D eigenvalue weighted by molar-refractivity contribution is 5.20. The van der Waals surface area contributed by atoms with Crippen LogP contribution in [0.2, 0.25) is 0 Å². The van der Waals surface area contributed by atoms with Gasteiger partial charge in [-0.3, -0.25) is 0 Å². The molecule has 358 valence electrons. The van der Waals surface area contributed by atoms with Crippen LogP contribution in [0.25, 0.3) is 0 Å². The smallest absolute Gasteiger partial charge is 0.160 e. The molecule has 4 aliphatic rings. The van der Waals surface area contributed by atoms with E-state index in [0.29, 0.717) is 49.0 Å². The van der Waals surface area contributed by atoms with Crippen LogP contribution < -0.4 is 0 Å². The molecular formula is C50H86O12. The Balaban J connectivity index is 1.24. The number of hydrogen-bond acceptors (Lipinski definition) is 12. The Kier molecular flexibility index (Phi) is 22.3. The summed E-state index contributed by atoms with van der Waals surface area (Å²) in [4.78, 5) is 0. The number of hydrogen-bond donors (Lipinski definition) is 2. The van der Waals surface area contributed by atoms with Gasteiger partial charge in [-0.25, -0.2) is 0 Å². The van der Waals surface area contributed by atoms with E-state index >= 15 is 0 Å². The number of allylic oxidation sites excluding steroid dienone is 4. The van der Waals surface area contributed by atoms with E-state index in [1.807, 2.05) is 32.1 Å². The predicted molar refractivity (Wildman–Crippen MR) is 241 cm³/mol. The molecule has 0 aromatic rings. The minimum atomic E-state index is -0.440. The molecule has 4 rings (SSSR count). The van der Waals surface area contributed by atoms with E-state index in [2.05, 4.69) is 52.8 Å². The van der Waals surface area contributed by atoms with Gasteiger partial charge in [0.25, 0.3) is 0 Å². The van der Waals surface area contributed by atoms with Crippen LogP contribution >= 0.6 is 0 Å². The fraction of sp³-hybridized carbons (Fsp3) is 0.840. The van der Waals surface area contributed by atoms with Gasteiger partial charge in [-0.05, 0) is 92.6 Å². The lowest BCUT2D eigenvalue weighted by Crippen LogP contribution is -2.51. The molecule has 0 unspecified atom stereocenters. The summed E-state index contributed by atoms with van der Waals surface area (Å²) in [5.41, 5.74) is 2.02. The first-order valence-electron chi connectivity index (χ1n) is 23.4. The lowest BCUT2D eigenvalue weighted by molar-refractivity contribution is -0.246. The molecule has 0 aromatic heterocycles. The molecule has 2 heterocycles. The molecule has 0 bridgehead atoms. The van der Waals surface area contributed by atoms with E-state index in [1.54, 1.807) is 49.8 Å². The Hall–Kier alpha value is -1.52. The largest absolute Gasteiger partial charge is 0.392 e. The first kappa shape index (κ1) is 53.1. The van der Waals surface area contributed by atoms with Gasteiger partial charge in [0.05, 0.1) is 36.6 Å². The zero-order chi connectivity index (χ0) is 45.7. The Bertz CT molecular complexity index is 1410. The lowest BCUT2D eigenvalue weighted by Gasteiger charge is -2.41. The molecule has 20 atom stereocenters. The second-order valence-corrected chi connectivity index (χ2v) is 18.7. The van der Waals surface area contributed by atoms with Gasteiger partial charge < -0.3 is 57.6 Å². The van der Waals surface area contributed by atoms with Crippen LogP contribution in [0.1, 0.15) is 93.4 Å². The average Bonchev–Trinajstić information content (AvgIpc) is 4.23. The van der Waals surface area contributed by atoms with Crippen LogP contribution in [-0.2, 0) is 47.4 Å². The Labute approximate surface area is 375 Å². The lowest BCUT2D eigenvalue weighted by atomic mass is 9.90. The number of aliphatic hydroxyl groups is 2. The van der Waals surface area contributed by atoms with Crippen molar-refractivity contribution in [1.82, 2.24) is 0 Å². The van der Waals surface area contributed by atoms with E-state index in [9.17, 15) is 10.2 Å². The zero-order valence-electron chi connectivity index (χ0n) is 40.6. The van der Waals surface area contributed by atoms with E-state index in [1.165, 1.54) is 0 Å². The van der Waals surface area contributed by atoms with Crippen LogP contribution in [0.15, 0.2) is 47.6 Å². The number of methoxy groups -OCH3 is 7. The molecule has 0 spiro atoms. The molecule has 0 radical (unpaired) electrons. The van der Waals surface area contributed by atoms with Gasteiger partial charge in [0.2, 0.25) is 0 Å². The van der Waals surface area contributed by atoms with Crippen LogP contribution in [-0.4, -0.2) is 140 Å². The standard InChI is InChI=1S/C50H86O12/c1-15-39(53-8)33(6)35-25-37(35)45(51)29(2)20-17-22-32(5)48-50(59-14)42(28-44(57-12)62-48)60-24-18-23-40(54-9)34(7)36-26-38(36)46(52)30(3)19-16-21-31(4)47-49(58-13)41(55-10)27-43(56-11)61-47/h16-17,19-22,29-30,33-52H,15,18,23-28H2,1-14H3/b19-16+,20-17+,31-21+,32-22+/t29-,30-,33-,34-,35-,36-,37+,38+,39-,40-,41-,42-,43+,44+,45+,46+,47-,48-,49+,50-/m0/s1. The number of ether oxygens (including phenoxy) is 10. The molecule has 2 saturated carbocycles. The maximum Gasteiger partial charge on any atom is 0.160 e. The fourth-order valence-corrected chi connectivity index (χ4v) is 10.5. The monoisotopic (exact) mass is 879 g/mol. The molecule has 0 amide bonds. The van der Waals surface area contributed by atoms with Crippen LogP contribution in [0.5, 0.6) is 0 Å². The van der Waals surface area contributed by atoms with Gasteiger partial charge in [-0.15, -0.1) is 0 Å². The Morgan fingerprint density at radius 3 is 1.47 bits per heavy atom. The molecule has 2 aliphatic heterocycles. The van der Waals surface area contributed by atoms with Gasteiger partial charge in [-0.2, -0.15) is 0 Å². The van der Waals surface area contributed by atoms with Gasteiger partial charge in [0.15, 0.2) is 12.6 Å². The summed E-state index contributed by atoms with van der Waals surface area (Å²) >= 11 is 0. The maximum absolute atomic E-state index is 11.4. The molecule has 62 heavy (non-hydrogen) atoms. The van der Waals surface area contributed by atoms with Crippen molar-refractivity contribution in [2.45, 2.75) is 167 Å². The zero-order valence-corrected chi connectivity index (χ0v) is 40.6. The van der Waals surface area contributed by atoms with Crippen molar-refractivity contribution < 1.29 is 57.6 Å². The van der Waals surface area contributed by atoms with Gasteiger partial charge >= 0.3 is 0 Å². The Morgan fingerprint density at radius 1 is 0.597 bits per heavy atom. The van der Waals surface area contributed by atoms with Crippen molar-refractivity contribution >= 4 is 0 Å². The van der Waals surface area contributed by atoms with Crippen molar-refractivity contribution in [3.8, 4) is 0 Å². The van der Waals surface area contributed by atoms with E-state index < -0.39 is 12.4 Å². The summed E-state index contributed by atoms with van der Waals surface area (Å²) in [5.74, 6) is 2.20. The Morgan fingerprint density at radius 2 is 1.05 bits per heavy atom. The minimum absolute atomic E-state index is 0.0109. The fourth-order valence-electron chi connectivity index (χ4n) is 10.5. The van der Waals surface area contributed by atoms with Crippen molar-refractivity contribution in [2.75, 3.05) is 56.4 Å². The summed E-state index contributed by atoms with van der Waals surface area (Å²) in [6.07, 6.45) is 15.4. The molecule has 0 aromatic carbocycles. The summed E-state index contributed by atoms with van der Waals surface area (Å²) in [6, 6.07) is 0. The first-order valence-corrected chi connectivity index (χ1v) is 23.4. The topological polar surface area (TPSA) is 133 Å². The van der Waals surface area contributed by atoms with Crippen LogP contribution in [0, 0.1) is 47.3 Å².